The van der Waals surface area contributed by atoms with Gasteiger partial charge < -0.3 is 19.9 Å². The Balaban J connectivity index is 2.40. The van der Waals surface area contributed by atoms with Crippen LogP contribution >= 0.6 is 0 Å². The summed E-state index contributed by atoms with van der Waals surface area (Å²) in [5.74, 6) is 1.88. The van der Waals surface area contributed by atoms with Crippen LogP contribution < -0.4 is 19.9 Å². The Labute approximate surface area is 125 Å². The Morgan fingerprint density at radius 3 is 2.48 bits per heavy atom. The Hall–Kier alpha value is -2.01. The maximum atomic E-state index is 6.11. The zero-order chi connectivity index (χ0) is 15.5. The maximum Gasteiger partial charge on any atom is 0.221 e. The van der Waals surface area contributed by atoms with Gasteiger partial charge in [-0.1, -0.05) is 6.92 Å². The van der Waals surface area contributed by atoms with Gasteiger partial charge in [-0.25, -0.2) is 4.98 Å². The summed E-state index contributed by atoms with van der Waals surface area (Å²) in [7, 11) is 3.22. The molecule has 0 bridgehead atoms. The number of nitrogens with zero attached hydrogens (tertiary/aromatic N) is 1. The fourth-order valence-electron chi connectivity index (χ4n) is 1.92. The van der Waals surface area contributed by atoms with Gasteiger partial charge in [0.25, 0.3) is 0 Å². The predicted octanol–water partition coefficient (Wildman–Crippen LogP) is 2.76. The summed E-state index contributed by atoms with van der Waals surface area (Å²) >= 11 is 0. The molecule has 2 aromatic rings. The van der Waals surface area contributed by atoms with Gasteiger partial charge in [-0.2, -0.15) is 0 Å². The lowest BCUT2D eigenvalue weighted by atomic mass is 10.0. The smallest absolute Gasteiger partial charge is 0.221 e. The van der Waals surface area contributed by atoms with Gasteiger partial charge in [0.15, 0.2) is 11.5 Å². The van der Waals surface area contributed by atoms with E-state index in [-0.39, 0.29) is 5.54 Å². The highest BCUT2D eigenvalue weighted by Crippen LogP contribution is 2.35. The van der Waals surface area contributed by atoms with Crippen molar-refractivity contribution in [3.8, 4) is 17.4 Å². The van der Waals surface area contributed by atoms with Gasteiger partial charge in [0, 0.05) is 17.1 Å². The number of aromatic nitrogens is 1. The van der Waals surface area contributed by atoms with Crippen LogP contribution in [0.15, 0.2) is 24.4 Å². The molecule has 114 valence electrons. The lowest BCUT2D eigenvalue weighted by molar-refractivity contribution is 0.221. The third-order valence-electron chi connectivity index (χ3n) is 3.58. The van der Waals surface area contributed by atoms with Crippen molar-refractivity contribution < 1.29 is 14.2 Å². The van der Waals surface area contributed by atoms with Crippen molar-refractivity contribution in [1.82, 2.24) is 4.98 Å². The summed E-state index contributed by atoms with van der Waals surface area (Å²) in [4.78, 5) is 4.30. The van der Waals surface area contributed by atoms with Crippen molar-refractivity contribution >= 4 is 10.8 Å². The highest BCUT2D eigenvalue weighted by molar-refractivity contribution is 5.89. The van der Waals surface area contributed by atoms with Crippen LogP contribution in [0.5, 0.6) is 17.4 Å². The normalized spacial score (nSPS) is 13.8. The number of nitrogens with two attached hydrogens (primary N) is 1. The minimum Gasteiger partial charge on any atom is -0.493 e. The second-order valence-electron chi connectivity index (χ2n) is 5.34. The van der Waals surface area contributed by atoms with E-state index in [9.17, 15) is 0 Å². The fourth-order valence-corrected chi connectivity index (χ4v) is 1.92. The molecule has 0 aliphatic carbocycles. The molecule has 1 unspecified atom stereocenters. The second kappa shape index (κ2) is 6.18. The minimum absolute atomic E-state index is 0.375. The lowest BCUT2D eigenvalue weighted by Crippen LogP contribution is -2.41. The minimum atomic E-state index is -0.375. The first-order valence-electron chi connectivity index (χ1n) is 6.93. The number of pyridine rings is 1. The summed E-state index contributed by atoms with van der Waals surface area (Å²) in [5.41, 5.74) is 5.74. The van der Waals surface area contributed by atoms with Crippen LogP contribution in [0.3, 0.4) is 0 Å². The van der Waals surface area contributed by atoms with Gasteiger partial charge in [-0.15, -0.1) is 0 Å². The molecule has 2 N–H and O–H groups in total. The third kappa shape index (κ3) is 3.36. The van der Waals surface area contributed by atoms with E-state index < -0.39 is 0 Å². The Bertz CT molecular complexity index is 626. The van der Waals surface area contributed by atoms with Crippen LogP contribution in [0, 0.1) is 0 Å². The van der Waals surface area contributed by atoms with Gasteiger partial charge in [0.2, 0.25) is 5.88 Å². The number of benzene rings is 1. The first-order valence-corrected chi connectivity index (χ1v) is 6.93. The summed E-state index contributed by atoms with van der Waals surface area (Å²) < 4.78 is 16.5. The van der Waals surface area contributed by atoms with Crippen molar-refractivity contribution in [2.75, 3.05) is 20.8 Å². The number of methoxy groups -OCH3 is 2. The van der Waals surface area contributed by atoms with Crippen LogP contribution in [-0.2, 0) is 0 Å². The quantitative estimate of drug-likeness (QED) is 0.886. The van der Waals surface area contributed by atoms with E-state index in [1.807, 2.05) is 32.0 Å². The van der Waals surface area contributed by atoms with E-state index >= 15 is 0 Å². The standard InChI is InChI=1S/C16H22N2O3/c1-5-16(2,17)10-21-15-12-9-14(20-4)13(19-3)8-11(12)6-7-18-15/h6-9H,5,10,17H2,1-4H3. The average Bonchev–Trinajstić information content (AvgIpc) is 2.51. The molecule has 2 rings (SSSR count). The molecule has 0 spiro atoms. The van der Waals surface area contributed by atoms with E-state index in [2.05, 4.69) is 4.98 Å². The molecular formula is C16H22N2O3. The van der Waals surface area contributed by atoms with Gasteiger partial charge in [-0.05, 0) is 36.9 Å². The van der Waals surface area contributed by atoms with Gasteiger partial charge in [0.05, 0.1) is 14.2 Å². The van der Waals surface area contributed by atoms with Crippen LogP contribution in [-0.4, -0.2) is 31.3 Å². The molecule has 1 aromatic heterocycles. The van der Waals surface area contributed by atoms with E-state index in [1.165, 1.54) is 0 Å². The molecule has 5 nitrogen and oxygen atoms in total. The van der Waals surface area contributed by atoms with E-state index in [0.29, 0.717) is 24.0 Å². The highest BCUT2D eigenvalue weighted by atomic mass is 16.5. The third-order valence-corrected chi connectivity index (χ3v) is 3.58. The summed E-state index contributed by atoms with van der Waals surface area (Å²) in [6.07, 6.45) is 2.54. The zero-order valence-corrected chi connectivity index (χ0v) is 13.0. The number of fused-ring (bicyclic) bond motifs is 1. The molecule has 0 saturated carbocycles. The zero-order valence-electron chi connectivity index (χ0n) is 13.0. The topological polar surface area (TPSA) is 66.6 Å². The second-order valence-corrected chi connectivity index (χ2v) is 5.34. The number of rotatable bonds is 6. The molecule has 1 atom stereocenters. The maximum absolute atomic E-state index is 6.11. The van der Waals surface area contributed by atoms with Crippen molar-refractivity contribution in [3.63, 3.8) is 0 Å². The molecule has 5 heteroatoms. The Morgan fingerprint density at radius 2 is 1.86 bits per heavy atom. The van der Waals surface area contributed by atoms with E-state index in [1.54, 1.807) is 20.4 Å². The fraction of sp³-hybridized carbons (Fsp3) is 0.438. The molecular weight excluding hydrogens is 268 g/mol. The lowest BCUT2D eigenvalue weighted by Gasteiger charge is -2.22. The van der Waals surface area contributed by atoms with Crippen LogP contribution in [0.2, 0.25) is 0 Å². The van der Waals surface area contributed by atoms with Crippen molar-refractivity contribution in [3.05, 3.63) is 24.4 Å². The Morgan fingerprint density at radius 1 is 1.19 bits per heavy atom. The number of hydrogen-bond donors (Lipinski definition) is 1. The number of hydrogen-bond acceptors (Lipinski definition) is 5. The van der Waals surface area contributed by atoms with Crippen molar-refractivity contribution in [2.45, 2.75) is 25.8 Å². The molecule has 1 aromatic carbocycles. The van der Waals surface area contributed by atoms with Crippen LogP contribution in [0.4, 0.5) is 0 Å². The molecule has 0 fully saturated rings. The molecule has 0 saturated heterocycles. The summed E-state index contributed by atoms with van der Waals surface area (Å²) in [5, 5.41) is 1.86. The largest absolute Gasteiger partial charge is 0.493 e. The molecule has 0 radical (unpaired) electrons. The Kier molecular flexibility index (Phi) is 4.53. The van der Waals surface area contributed by atoms with Gasteiger partial charge in [0.1, 0.15) is 6.61 Å². The monoisotopic (exact) mass is 290 g/mol. The summed E-state index contributed by atoms with van der Waals surface area (Å²) in [6.45, 7) is 4.40. The predicted molar refractivity (Wildman–Crippen MR) is 83.2 cm³/mol. The van der Waals surface area contributed by atoms with Gasteiger partial charge >= 0.3 is 0 Å². The summed E-state index contributed by atoms with van der Waals surface area (Å²) in [6, 6.07) is 5.69. The first-order chi connectivity index (χ1) is 10.0. The van der Waals surface area contributed by atoms with Crippen molar-refractivity contribution in [2.24, 2.45) is 5.73 Å². The molecule has 21 heavy (non-hydrogen) atoms. The molecule has 0 amide bonds. The molecule has 0 aliphatic rings. The van der Waals surface area contributed by atoms with Gasteiger partial charge in [-0.3, -0.25) is 0 Å². The molecule has 0 aliphatic heterocycles. The average molecular weight is 290 g/mol. The first kappa shape index (κ1) is 15.4. The number of ether oxygens (including phenoxy) is 3. The SMILES string of the molecule is CCC(C)(N)COc1nccc2cc(OC)c(OC)cc12. The van der Waals surface area contributed by atoms with E-state index in [0.717, 1.165) is 17.2 Å². The van der Waals surface area contributed by atoms with Crippen LogP contribution in [0.1, 0.15) is 20.3 Å². The van der Waals surface area contributed by atoms with E-state index in [4.69, 9.17) is 19.9 Å². The molecule has 1 heterocycles. The highest BCUT2D eigenvalue weighted by Gasteiger charge is 2.18. The van der Waals surface area contributed by atoms with Crippen molar-refractivity contribution in [1.29, 1.82) is 0 Å². The van der Waals surface area contributed by atoms with Crippen LogP contribution in [0.25, 0.3) is 10.8 Å².